The van der Waals surface area contributed by atoms with Crippen molar-refractivity contribution in [3.63, 3.8) is 0 Å². The van der Waals surface area contributed by atoms with Crippen LogP contribution < -0.4 is 5.32 Å². The number of nitriles is 1. The third-order valence-electron chi connectivity index (χ3n) is 3.22. The number of pyridine rings is 1. The standard InChI is InChI=1S/C17H12FN3S/c18-14-6-4-13(5-7-14)17(15-2-1-9-22-15)21-16-8-3-12(10-19)11-20-16/h1-9,11,17H,(H,20,21). The molecule has 0 saturated heterocycles. The molecule has 108 valence electrons. The third kappa shape index (κ3) is 3.13. The highest BCUT2D eigenvalue weighted by Gasteiger charge is 2.15. The summed E-state index contributed by atoms with van der Waals surface area (Å²) in [5.41, 5.74) is 1.47. The lowest BCUT2D eigenvalue weighted by molar-refractivity contribution is 0.626. The first-order valence-corrected chi connectivity index (χ1v) is 7.56. The second kappa shape index (κ2) is 6.37. The summed E-state index contributed by atoms with van der Waals surface area (Å²) in [4.78, 5) is 5.35. The van der Waals surface area contributed by atoms with Gasteiger partial charge in [-0.2, -0.15) is 5.26 Å². The van der Waals surface area contributed by atoms with Crippen LogP contribution in [-0.4, -0.2) is 4.98 Å². The highest BCUT2D eigenvalue weighted by molar-refractivity contribution is 7.10. The molecule has 3 rings (SSSR count). The van der Waals surface area contributed by atoms with Gasteiger partial charge < -0.3 is 5.32 Å². The van der Waals surface area contributed by atoms with Gasteiger partial charge in [0.25, 0.3) is 0 Å². The number of benzene rings is 1. The number of hydrogen-bond donors (Lipinski definition) is 1. The van der Waals surface area contributed by atoms with E-state index >= 15 is 0 Å². The summed E-state index contributed by atoms with van der Waals surface area (Å²) < 4.78 is 13.1. The van der Waals surface area contributed by atoms with Crippen LogP contribution in [0.25, 0.3) is 0 Å². The first-order valence-electron chi connectivity index (χ1n) is 6.68. The van der Waals surface area contributed by atoms with Crippen LogP contribution in [0.3, 0.4) is 0 Å². The normalized spacial score (nSPS) is 11.6. The van der Waals surface area contributed by atoms with Crippen LogP contribution in [0.5, 0.6) is 0 Å². The van der Waals surface area contributed by atoms with Crippen LogP contribution in [0.2, 0.25) is 0 Å². The number of halogens is 1. The molecule has 1 unspecified atom stereocenters. The van der Waals surface area contributed by atoms with E-state index in [4.69, 9.17) is 5.26 Å². The molecule has 0 spiro atoms. The van der Waals surface area contributed by atoms with Gasteiger partial charge in [0, 0.05) is 11.1 Å². The van der Waals surface area contributed by atoms with Crippen LogP contribution in [-0.2, 0) is 0 Å². The van der Waals surface area contributed by atoms with Crippen LogP contribution in [0.15, 0.2) is 60.1 Å². The van der Waals surface area contributed by atoms with E-state index < -0.39 is 0 Å². The SMILES string of the molecule is N#Cc1ccc(NC(c2ccc(F)cc2)c2cccs2)nc1. The Balaban J connectivity index is 1.92. The summed E-state index contributed by atoms with van der Waals surface area (Å²) in [6.45, 7) is 0. The molecule has 0 bridgehead atoms. The van der Waals surface area contributed by atoms with Crippen molar-refractivity contribution in [2.75, 3.05) is 5.32 Å². The lowest BCUT2D eigenvalue weighted by Crippen LogP contribution is -2.12. The van der Waals surface area contributed by atoms with Gasteiger partial charge in [-0.25, -0.2) is 9.37 Å². The second-order valence-electron chi connectivity index (χ2n) is 4.69. The van der Waals surface area contributed by atoms with E-state index in [-0.39, 0.29) is 11.9 Å². The fourth-order valence-electron chi connectivity index (χ4n) is 2.12. The lowest BCUT2D eigenvalue weighted by Gasteiger charge is -2.18. The smallest absolute Gasteiger partial charge is 0.126 e. The molecule has 0 fully saturated rings. The maximum Gasteiger partial charge on any atom is 0.126 e. The number of nitrogens with zero attached hydrogens (tertiary/aromatic N) is 2. The maximum absolute atomic E-state index is 13.1. The molecule has 22 heavy (non-hydrogen) atoms. The Morgan fingerprint density at radius 3 is 2.55 bits per heavy atom. The van der Waals surface area contributed by atoms with Crippen molar-refractivity contribution in [3.05, 3.63) is 81.9 Å². The van der Waals surface area contributed by atoms with Crippen molar-refractivity contribution in [1.29, 1.82) is 5.26 Å². The monoisotopic (exact) mass is 309 g/mol. The van der Waals surface area contributed by atoms with E-state index in [1.165, 1.54) is 18.3 Å². The first-order chi connectivity index (χ1) is 10.8. The Hall–Kier alpha value is -2.71. The van der Waals surface area contributed by atoms with Gasteiger partial charge in [-0.1, -0.05) is 18.2 Å². The molecule has 0 aliphatic heterocycles. The molecule has 5 heteroatoms. The van der Waals surface area contributed by atoms with Crippen molar-refractivity contribution in [1.82, 2.24) is 4.98 Å². The highest BCUT2D eigenvalue weighted by atomic mass is 32.1. The Morgan fingerprint density at radius 1 is 1.14 bits per heavy atom. The Bertz CT molecular complexity index is 774. The molecule has 2 aromatic heterocycles. The minimum Gasteiger partial charge on any atom is -0.358 e. The molecule has 1 atom stereocenters. The molecule has 0 amide bonds. The Kier molecular flexibility index (Phi) is 4.12. The molecular formula is C17H12FN3S. The van der Waals surface area contributed by atoms with Crippen LogP contribution in [0, 0.1) is 17.1 Å². The van der Waals surface area contributed by atoms with E-state index in [2.05, 4.69) is 10.3 Å². The molecule has 3 nitrogen and oxygen atoms in total. The van der Waals surface area contributed by atoms with E-state index in [1.54, 1.807) is 35.6 Å². The van der Waals surface area contributed by atoms with Crippen LogP contribution in [0.4, 0.5) is 10.2 Å². The maximum atomic E-state index is 13.1. The van der Waals surface area contributed by atoms with Gasteiger partial charge in [-0.05, 0) is 41.3 Å². The lowest BCUT2D eigenvalue weighted by atomic mass is 10.1. The van der Waals surface area contributed by atoms with E-state index in [0.29, 0.717) is 11.4 Å². The van der Waals surface area contributed by atoms with Crippen molar-refractivity contribution < 1.29 is 4.39 Å². The summed E-state index contributed by atoms with van der Waals surface area (Å²) in [5.74, 6) is 0.409. The van der Waals surface area contributed by atoms with Gasteiger partial charge in [0.05, 0.1) is 11.6 Å². The van der Waals surface area contributed by atoms with Gasteiger partial charge in [0.1, 0.15) is 17.7 Å². The van der Waals surface area contributed by atoms with Crippen molar-refractivity contribution in [3.8, 4) is 6.07 Å². The van der Waals surface area contributed by atoms with Gasteiger partial charge >= 0.3 is 0 Å². The van der Waals surface area contributed by atoms with E-state index in [9.17, 15) is 4.39 Å². The summed E-state index contributed by atoms with van der Waals surface area (Å²) >= 11 is 1.62. The average molecular weight is 309 g/mol. The number of thiophene rings is 1. The molecule has 2 heterocycles. The highest BCUT2D eigenvalue weighted by Crippen LogP contribution is 2.29. The largest absolute Gasteiger partial charge is 0.358 e. The Labute approximate surface area is 131 Å². The summed E-state index contributed by atoms with van der Waals surface area (Å²) in [6, 6.07) is 15.8. The van der Waals surface area contributed by atoms with Gasteiger partial charge in [-0.15, -0.1) is 11.3 Å². The summed E-state index contributed by atoms with van der Waals surface area (Å²) in [6.07, 6.45) is 1.53. The van der Waals surface area contributed by atoms with Crippen molar-refractivity contribution >= 4 is 17.2 Å². The van der Waals surface area contributed by atoms with Crippen LogP contribution >= 0.6 is 11.3 Å². The Morgan fingerprint density at radius 2 is 1.95 bits per heavy atom. The third-order valence-corrected chi connectivity index (χ3v) is 4.15. The molecule has 0 saturated carbocycles. The second-order valence-corrected chi connectivity index (χ2v) is 5.67. The van der Waals surface area contributed by atoms with Gasteiger partial charge in [0.15, 0.2) is 0 Å². The zero-order valence-electron chi connectivity index (χ0n) is 11.5. The molecular weight excluding hydrogens is 297 g/mol. The topological polar surface area (TPSA) is 48.7 Å². The predicted octanol–water partition coefficient (Wildman–Crippen LogP) is 4.36. The van der Waals surface area contributed by atoms with Crippen molar-refractivity contribution in [2.45, 2.75) is 6.04 Å². The number of aromatic nitrogens is 1. The quantitative estimate of drug-likeness (QED) is 0.779. The zero-order chi connectivity index (χ0) is 15.4. The number of anilines is 1. The predicted molar refractivity (Wildman–Crippen MR) is 85.1 cm³/mol. The molecule has 1 N–H and O–H groups in total. The summed E-state index contributed by atoms with van der Waals surface area (Å²) in [7, 11) is 0. The van der Waals surface area contributed by atoms with Crippen LogP contribution in [0.1, 0.15) is 22.0 Å². The number of rotatable bonds is 4. The minimum atomic E-state index is -0.259. The minimum absolute atomic E-state index is 0.110. The molecule has 0 aliphatic rings. The fraction of sp³-hybridized carbons (Fsp3) is 0.0588. The number of nitrogens with one attached hydrogen (secondary N) is 1. The zero-order valence-corrected chi connectivity index (χ0v) is 12.3. The van der Waals surface area contributed by atoms with Gasteiger partial charge in [0.2, 0.25) is 0 Å². The molecule has 1 aromatic carbocycles. The van der Waals surface area contributed by atoms with Gasteiger partial charge in [-0.3, -0.25) is 0 Å². The number of hydrogen-bond acceptors (Lipinski definition) is 4. The van der Waals surface area contributed by atoms with E-state index in [1.807, 2.05) is 23.6 Å². The molecule has 0 aliphatic carbocycles. The summed E-state index contributed by atoms with van der Waals surface area (Å²) in [5, 5.41) is 14.2. The molecule has 3 aromatic rings. The first kappa shape index (κ1) is 14.2. The van der Waals surface area contributed by atoms with E-state index in [0.717, 1.165) is 10.4 Å². The fourth-order valence-corrected chi connectivity index (χ4v) is 2.93. The molecule has 0 radical (unpaired) electrons. The van der Waals surface area contributed by atoms with Crippen molar-refractivity contribution in [2.24, 2.45) is 0 Å². The average Bonchev–Trinajstić information content (AvgIpc) is 3.08.